The molecule has 0 radical (unpaired) electrons. The lowest BCUT2D eigenvalue weighted by Crippen LogP contribution is -2.37. The number of amides is 1. The van der Waals surface area contributed by atoms with E-state index in [0.29, 0.717) is 12.0 Å². The standard InChI is InChI=1S/C19H27N3O2/c23-18(16-13-19(16)5-7-20-8-6-19)21-14-15-3-1-2-4-17(15)22-9-11-24-12-10-22/h1-4,16,20H,5-14H2,(H,21,23). The predicted molar refractivity (Wildman–Crippen MR) is 94.0 cm³/mol. The van der Waals surface area contributed by atoms with Gasteiger partial charge in [0.25, 0.3) is 0 Å². The molecule has 5 nitrogen and oxygen atoms in total. The zero-order valence-corrected chi connectivity index (χ0v) is 14.2. The van der Waals surface area contributed by atoms with E-state index in [0.717, 1.165) is 58.7 Å². The van der Waals surface area contributed by atoms with Gasteiger partial charge in [0, 0.05) is 31.2 Å². The molecule has 1 aliphatic carbocycles. The Kier molecular flexibility index (Phi) is 4.46. The van der Waals surface area contributed by atoms with Crippen LogP contribution in [0.3, 0.4) is 0 Å². The second-order valence-corrected chi connectivity index (χ2v) is 7.32. The Morgan fingerprint density at radius 3 is 2.79 bits per heavy atom. The molecule has 1 aromatic carbocycles. The number of rotatable bonds is 4. The van der Waals surface area contributed by atoms with Crippen LogP contribution in [0.15, 0.2) is 24.3 Å². The van der Waals surface area contributed by atoms with Crippen LogP contribution in [0.1, 0.15) is 24.8 Å². The molecule has 2 aliphatic heterocycles. The van der Waals surface area contributed by atoms with Gasteiger partial charge < -0.3 is 20.3 Å². The SMILES string of the molecule is O=C(NCc1ccccc1N1CCOCC1)C1CC12CCNCC2. The Hall–Kier alpha value is -1.59. The van der Waals surface area contributed by atoms with Gasteiger partial charge in [-0.1, -0.05) is 18.2 Å². The normalized spacial score (nSPS) is 25.5. The molecule has 4 rings (SSSR count). The van der Waals surface area contributed by atoms with Crippen molar-refractivity contribution in [3.8, 4) is 0 Å². The second-order valence-electron chi connectivity index (χ2n) is 7.32. The molecule has 1 aromatic rings. The number of carbonyl (C=O) groups excluding carboxylic acids is 1. The van der Waals surface area contributed by atoms with Crippen LogP contribution in [0.2, 0.25) is 0 Å². The largest absolute Gasteiger partial charge is 0.378 e. The summed E-state index contributed by atoms with van der Waals surface area (Å²) in [5.41, 5.74) is 2.74. The third-order valence-corrected chi connectivity index (χ3v) is 5.90. The number of nitrogens with one attached hydrogen (secondary N) is 2. The van der Waals surface area contributed by atoms with E-state index in [9.17, 15) is 4.79 Å². The molecule has 1 saturated carbocycles. The van der Waals surface area contributed by atoms with Crippen molar-refractivity contribution in [3.05, 3.63) is 29.8 Å². The van der Waals surface area contributed by atoms with Crippen LogP contribution in [0, 0.1) is 11.3 Å². The molecular weight excluding hydrogens is 302 g/mol. The Bertz CT molecular complexity index is 592. The van der Waals surface area contributed by atoms with Gasteiger partial charge in [-0.15, -0.1) is 0 Å². The molecule has 24 heavy (non-hydrogen) atoms. The number of benzene rings is 1. The monoisotopic (exact) mass is 329 g/mol. The van der Waals surface area contributed by atoms with Crippen molar-refractivity contribution in [1.29, 1.82) is 0 Å². The van der Waals surface area contributed by atoms with E-state index in [-0.39, 0.29) is 11.8 Å². The third kappa shape index (κ3) is 3.15. The second kappa shape index (κ2) is 6.73. The number of nitrogens with zero attached hydrogens (tertiary/aromatic N) is 1. The minimum Gasteiger partial charge on any atom is -0.378 e. The van der Waals surface area contributed by atoms with Crippen LogP contribution < -0.4 is 15.5 Å². The van der Waals surface area contributed by atoms with E-state index >= 15 is 0 Å². The van der Waals surface area contributed by atoms with Gasteiger partial charge in [-0.2, -0.15) is 0 Å². The average molecular weight is 329 g/mol. The van der Waals surface area contributed by atoms with Gasteiger partial charge in [0.1, 0.15) is 0 Å². The number of carbonyl (C=O) groups is 1. The number of hydrogen-bond donors (Lipinski definition) is 2. The summed E-state index contributed by atoms with van der Waals surface area (Å²) in [6, 6.07) is 8.40. The summed E-state index contributed by atoms with van der Waals surface area (Å²) in [6.45, 7) is 6.14. The molecule has 0 aromatic heterocycles. The Morgan fingerprint density at radius 1 is 1.25 bits per heavy atom. The number of ether oxygens (including phenoxy) is 1. The first-order valence-electron chi connectivity index (χ1n) is 9.18. The fraction of sp³-hybridized carbons (Fsp3) is 0.632. The Balaban J connectivity index is 1.37. The molecule has 3 aliphatic rings. The number of morpholine rings is 1. The maximum absolute atomic E-state index is 12.6. The number of para-hydroxylation sites is 1. The lowest BCUT2D eigenvalue weighted by molar-refractivity contribution is -0.123. The minimum absolute atomic E-state index is 0.232. The van der Waals surface area contributed by atoms with Crippen molar-refractivity contribution in [2.24, 2.45) is 11.3 Å². The number of piperidine rings is 1. The smallest absolute Gasteiger partial charge is 0.223 e. The van der Waals surface area contributed by atoms with Crippen molar-refractivity contribution in [1.82, 2.24) is 10.6 Å². The van der Waals surface area contributed by atoms with E-state index in [1.165, 1.54) is 11.3 Å². The predicted octanol–water partition coefficient (Wildman–Crippen LogP) is 1.53. The molecule has 1 amide bonds. The summed E-state index contributed by atoms with van der Waals surface area (Å²) in [4.78, 5) is 14.9. The molecule has 1 unspecified atom stereocenters. The summed E-state index contributed by atoms with van der Waals surface area (Å²) in [5, 5.41) is 6.59. The topological polar surface area (TPSA) is 53.6 Å². The van der Waals surface area contributed by atoms with Gasteiger partial charge in [-0.3, -0.25) is 4.79 Å². The van der Waals surface area contributed by atoms with Crippen LogP contribution in [0.4, 0.5) is 5.69 Å². The van der Waals surface area contributed by atoms with Crippen molar-refractivity contribution >= 4 is 11.6 Å². The molecule has 130 valence electrons. The third-order valence-electron chi connectivity index (χ3n) is 5.90. The van der Waals surface area contributed by atoms with Gasteiger partial charge >= 0.3 is 0 Å². The maximum atomic E-state index is 12.6. The van der Waals surface area contributed by atoms with Gasteiger partial charge in [-0.25, -0.2) is 0 Å². The highest BCUT2D eigenvalue weighted by molar-refractivity contribution is 5.82. The maximum Gasteiger partial charge on any atom is 0.223 e. The van der Waals surface area contributed by atoms with Crippen LogP contribution in [-0.2, 0) is 16.1 Å². The number of anilines is 1. The van der Waals surface area contributed by atoms with Gasteiger partial charge in [0.15, 0.2) is 0 Å². The summed E-state index contributed by atoms with van der Waals surface area (Å²) in [6.07, 6.45) is 3.37. The molecule has 1 spiro atoms. The number of hydrogen-bond acceptors (Lipinski definition) is 4. The average Bonchev–Trinajstić information content (AvgIpc) is 3.34. The van der Waals surface area contributed by atoms with Crippen molar-refractivity contribution in [3.63, 3.8) is 0 Å². The molecular formula is C19H27N3O2. The first-order valence-corrected chi connectivity index (χ1v) is 9.18. The molecule has 3 fully saturated rings. The molecule has 2 heterocycles. The fourth-order valence-corrected chi connectivity index (χ4v) is 4.27. The van der Waals surface area contributed by atoms with Crippen molar-refractivity contribution in [2.45, 2.75) is 25.8 Å². The van der Waals surface area contributed by atoms with Crippen LogP contribution in [0.5, 0.6) is 0 Å². The van der Waals surface area contributed by atoms with E-state index in [1.807, 2.05) is 0 Å². The molecule has 1 atom stereocenters. The summed E-state index contributed by atoms with van der Waals surface area (Å²) < 4.78 is 5.45. The van der Waals surface area contributed by atoms with Gasteiger partial charge in [-0.05, 0) is 49.4 Å². The lowest BCUT2D eigenvalue weighted by Gasteiger charge is -2.30. The first kappa shape index (κ1) is 15.9. The Morgan fingerprint density at radius 2 is 2.00 bits per heavy atom. The lowest BCUT2D eigenvalue weighted by atomic mass is 9.92. The van der Waals surface area contributed by atoms with E-state index in [1.54, 1.807) is 0 Å². The fourth-order valence-electron chi connectivity index (χ4n) is 4.27. The summed E-state index contributed by atoms with van der Waals surface area (Å²) in [5.74, 6) is 0.476. The quantitative estimate of drug-likeness (QED) is 0.880. The van der Waals surface area contributed by atoms with Crippen LogP contribution in [0.25, 0.3) is 0 Å². The molecule has 2 N–H and O–H groups in total. The van der Waals surface area contributed by atoms with Gasteiger partial charge in [0.2, 0.25) is 5.91 Å². The van der Waals surface area contributed by atoms with E-state index in [4.69, 9.17) is 4.74 Å². The van der Waals surface area contributed by atoms with Crippen molar-refractivity contribution in [2.75, 3.05) is 44.3 Å². The molecule has 0 bridgehead atoms. The highest BCUT2D eigenvalue weighted by atomic mass is 16.5. The van der Waals surface area contributed by atoms with Crippen LogP contribution >= 0.6 is 0 Å². The van der Waals surface area contributed by atoms with E-state index < -0.39 is 0 Å². The highest BCUT2D eigenvalue weighted by Crippen LogP contribution is 2.58. The van der Waals surface area contributed by atoms with Crippen molar-refractivity contribution < 1.29 is 9.53 Å². The molecule has 2 saturated heterocycles. The zero-order chi connectivity index (χ0) is 16.4. The Labute approximate surface area is 143 Å². The first-order chi connectivity index (χ1) is 11.8. The molecule has 5 heteroatoms. The highest BCUT2D eigenvalue weighted by Gasteiger charge is 2.57. The summed E-state index contributed by atoms with van der Waals surface area (Å²) >= 11 is 0. The van der Waals surface area contributed by atoms with Gasteiger partial charge in [0.05, 0.1) is 13.2 Å². The van der Waals surface area contributed by atoms with E-state index in [2.05, 4.69) is 39.8 Å². The minimum atomic E-state index is 0.232. The zero-order valence-electron chi connectivity index (χ0n) is 14.2. The summed E-state index contributed by atoms with van der Waals surface area (Å²) in [7, 11) is 0. The van der Waals surface area contributed by atoms with Crippen LogP contribution in [-0.4, -0.2) is 45.3 Å².